The highest BCUT2D eigenvalue weighted by Crippen LogP contribution is 2.41. The third kappa shape index (κ3) is 2.90. The number of aliphatic carboxylic acids is 1. The van der Waals surface area contributed by atoms with E-state index in [1.807, 2.05) is 31.2 Å². The molecule has 6 heteroatoms. The van der Waals surface area contributed by atoms with E-state index in [0.29, 0.717) is 12.4 Å². The molecule has 1 aromatic carbocycles. The van der Waals surface area contributed by atoms with E-state index >= 15 is 0 Å². The summed E-state index contributed by atoms with van der Waals surface area (Å²) >= 11 is 1.47. The monoisotopic (exact) mass is 295 g/mol. The molecular formula is C14H17NO4S. The van der Waals surface area contributed by atoms with Gasteiger partial charge in [0.1, 0.15) is 17.2 Å². The van der Waals surface area contributed by atoms with E-state index in [1.54, 1.807) is 0 Å². The van der Waals surface area contributed by atoms with Crippen molar-refractivity contribution < 1.29 is 19.4 Å². The molecule has 1 amide bonds. The van der Waals surface area contributed by atoms with Crippen LogP contribution in [0.15, 0.2) is 24.3 Å². The number of nitrogens with zero attached hydrogens (tertiary/aromatic N) is 1. The van der Waals surface area contributed by atoms with Crippen LogP contribution in [-0.4, -0.2) is 40.3 Å². The summed E-state index contributed by atoms with van der Waals surface area (Å²) in [6, 6.07) is 6.68. The van der Waals surface area contributed by atoms with Crippen LogP contribution in [0, 0.1) is 0 Å². The molecule has 5 nitrogen and oxygen atoms in total. The molecule has 0 unspecified atom stereocenters. The van der Waals surface area contributed by atoms with Gasteiger partial charge in [-0.15, -0.1) is 11.8 Å². The van der Waals surface area contributed by atoms with Crippen molar-refractivity contribution in [1.29, 1.82) is 0 Å². The predicted octanol–water partition coefficient (Wildman–Crippen LogP) is 2.13. The summed E-state index contributed by atoms with van der Waals surface area (Å²) in [6.07, 6.45) is 0. The molecule has 1 saturated heterocycles. The van der Waals surface area contributed by atoms with Gasteiger partial charge >= 0.3 is 5.97 Å². The van der Waals surface area contributed by atoms with Crippen molar-refractivity contribution in [3.8, 4) is 5.75 Å². The van der Waals surface area contributed by atoms with Gasteiger partial charge < -0.3 is 14.7 Å². The van der Waals surface area contributed by atoms with Gasteiger partial charge in [-0.2, -0.15) is 0 Å². The van der Waals surface area contributed by atoms with Gasteiger partial charge in [0, 0.05) is 12.7 Å². The van der Waals surface area contributed by atoms with E-state index in [1.165, 1.54) is 23.6 Å². The summed E-state index contributed by atoms with van der Waals surface area (Å²) in [6.45, 7) is 3.91. The molecule has 108 valence electrons. The van der Waals surface area contributed by atoms with Crippen LogP contribution in [0.5, 0.6) is 5.75 Å². The lowest BCUT2D eigenvalue weighted by atomic mass is 10.1. The number of hydrogen-bond donors (Lipinski definition) is 1. The summed E-state index contributed by atoms with van der Waals surface area (Å²) in [5.74, 6) is -0.00176. The summed E-state index contributed by atoms with van der Waals surface area (Å²) in [4.78, 5) is 24.4. The number of carboxylic acids is 1. The van der Waals surface area contributed by atoms with Crippen molar-refractivity contribution in [1.82, 2.24) is 4.90 Å². The van der Waals surface area contributed by atoms with Gasteiger partial charge in [0.25, 0.3) is 0 Å². The number of rotatable bonds is 4. The zero-order valence-corrected chi connectivity index (χ0v) is 12.2. The minimum Gasteiger partial charge on any atom is -0.494 e. The first kappa shape index (κ1) is 14.7. The van der Waals surface area contributed by atoms with Crippen molar-refractivity contribution in [3.05, 3.63) is 29.8 Å². The van der Waals surface area contributed by atoms with Gasteiger partial charge in [-0.3, -0.25) is 4.79 Å². The van der Waals surface area contributed by atoms with E-state index in [4.69, 9.17) is 4.74 Å². The van der Waals surface area contributed by atoms with Crippen LogP contribution >= 0.6 is 11.8 Å². The average molecular weight is 295 g/mol. The van der Waals surface area contributed by atoms with Crippen LogP contribution in [0.4, 0.5) is 0 Å². The Bertz CT molecular complexity index is 502. The third-order valence-corrected chi connectivity index (χ3v) is 4.45. The molecular weight excluding hydrogens is 278 g/mol. The zero-order valence-electron chi connectivity index (χ0n) is 11.4. The highest BCUT2D eigenvalue weighted by atomic mass is 32.2. The maximum atomic E-state index is 11.7. The van der Waals surface area contributed by atoms with Crippen molar-refractivity contribution in [2.45, 2.75) is 25.3 Å². The maximum absolute atomic E-state index is 11.7. The number of thioether (sulfide) groups is 1. The first-order valence-corrected chi connectivity index (χ1v) is 7.45. The summed E-state index contributed by atoms with van der Waals surface area (Å²) in [5, 5.41) is 8.94. The van der Waals surface area contributed by atoms with Crippen LogP contribution in [-0.2, 0) is 9.59 Å². The molecule has 1 aliphatic heterocycles. The van der Waals surface area contributed by atoms with E-state index in [-0.39, 0.29) is 11.3 Å². The van der Waals surface area contributed by atoms with Gasteiger partial charge in [-0.05, 0) is 24.6 Å². The molecule has 0 aliphatic carbocycles. The topological polar surface area (TPSA) is 66.8 Å². The van der Waals surface area contributed by atoms with Gasteiger partial charge in [0.2, 0.25) is 5.91 Å². The van der Waals surface area contributed by atoms with E-state index in [0.717, 1.165) is 11.3 Å². The largest absolute Gasteiger partial charge is 0.494 e. The van der Waals surface area contributed by atoms with E-state index in [2.05, 4.69) is 0 Å². The molecule has 20 heavy (non-hydrogen) atoms. The zero-order chi connectivity index (χ0) is 14.7. The second-order valence-corrected chi connectivity index (χ2v) is 5.58. The number of carbonyl (C=O) groups excluding carboxylic acids is 1. The Morgan fingerprint density at radius 1 is 1.40 bits per heavy atom. The molecule has 0 spiro atoms. The molecule has 1 heterocycles. The molecule has 1 fully saturated rings. The Kier molecular flexibility index (Phi) is 4.54. The Morgan fingerprint density at radius 3 is 2.55 bits per heavy atom. The fourth-order valence-corrected chi connectivity index (χ4v) is 3.71. The van der Waals surface area contributed by atoms with Gasteiger partial charge in [-0.1, -0.05) is 12.1 Å². The molecule has 0 bridgehead atoms. The molecule has 1 N–H and O–H groups in total. The average Bonchev–Trinajstić information content (AvgIpc) is 2.85. The molecule has 1 aliphatic rings. The Morgan fingerprint density at radius 2 is 2.05 bits per heavy atom. The molecule has 2 atom stereocenters. The maximum Gasteiger partial charge on any atom is 0.327 e. The van der Waals surface area contributed by atoms with Gasteiger partial charge in [0.05, 0.1) is 6.61 Å². The van der Waals surface area contributed by atoms with Crippen molar-refractivity contribution in [2.24, 2.45) is 0 Å². The summed E-state index contributed by atoms with van der Waals surface area (Å²) in [7, 11) is 0. The third-order valence-electron chi connectivity index (χ3n) is 3.13. The van der Waals surface area contributed by atoms with Crippen LogP contribution < -0.4 is 4.74 Å². The number of benzene rings is 1. The Balaban J connectivity index is 2.22. The highest BCUT2D eigenvalue weighted by molar-refractivity contribution is 7.99. The summed E-state index contributed by atoms with van der Waals surface area (Å²) < 4.78 is 5.38. The number of hydrogen-bond acceptors (Lipinski definition) is 4. The van der Waals surface area contributed by atoms with Crippen molar-refractivity contribution >= 4 is 23.6 Å². The van der Waals surface area contributed by atoms with Crippen LogP contribution in [0.1, 0.15) is 24.8 Å². The SMILES string of the molecule is CCOc1ccc([C@H]2SC[C@H](C(=O)O)N2C(C)=O)cc1. The van der Waals surface area contributed by atoms with Crippen molar-refractivity contribution in [2.75, 3.05) is 12.4 Å². The Labute approximate surface area is 121 Å². The number of carbonyl (C=O) groups is 2. The summed E-state index contributed by atoms with van der Waals surface area (Å²) in [5.41, 5.74) is 0.914. The molecule has 1 aromatic rings. The molecule has 0 aromatic heterocycles. The van der Waals surface area contributed by atoms with Crippen LogP contribution in [0.3, 0.4) is 0 Å². The lowest BCUT2D eigenvalue weighted by Crippen LogP contribution is -2.41. The normalized spacial score (nSPS) is 21.8. The highest BCUT2D eigenvalue weighted by Gasteiger charge is 2.40. The number of ether oxygens (including phenoxy) is 1. The van der Waals surface area contributed by atoms with Gasteiger partial charge in [0.15, 0.2) is 0 Å². The first-order chi connectivity index (χ1) is 9.54. The van der Waals surface area contributed by atoms with E-state index in [9.17, 15) is 14.7 Å². The fraction of sp³-hybridized carbons (Fsp3) is 0.429. The molecule has 0 radical (unpaired) electrons. The molecule has 0 saturated carbocycles. The Hall–Kier alpha value is -1.69. The number of carboxylic acid groups (broad SMARTS) is 1. The minimum atomic E-state index is -0.957. The quantitative estimate of drug-likeness (QED) is 0.921. The smallest absolute Gasteiger partial charge is 0.327 e. The van der Waals surface area contributed by atoms with Crippen molar-refractivity contribution in [3.63, 3.8) is 0 Å². The standard InChI is InChI=1S/C14H17NO4S/c1-3-19-11-6-4-10(5-7-11)13-15(9(2)16)12(8-20-13)14(17)18/h4-7,12-13H,3,8H2,1-2H3,(H,17,18)/t12-,13-/m1/s1. The van der Waals surface area contributed by atoms with Crippen LogP contribution in [0.25, 0.3) is 0 Å². The molecule has 2 rings (SSSR count). The lowest BCUT2D eigenvalue weighted by molar-refractivity contribution is -0.148. The van der Waals surface area contributed by atoms with Gasteiger partial charge in [-0.25, -0.2) is 4.79 Å². The lowest BCUT2D eigenvalue weighted by Gasteiger charge is -2.26. The minimum absolute atomic E-state index is 0.221. The number of amides is 1. The second kappa shape index (κ2) is 6.17. The fourth-order valence-electron chi connectivity index (χ4n) is 2.23. The van der Waals surface area contributed by atoms with E-state index < -0.39 is 12.0 Å². The van der Waals surface area contributed by atoms with Crippen LogP contribution in [0.2, 0.25) is 0 Å². The predicted molar refractivity (Wildman–Crippen MR) is 76.8 cm³/mol. The second-order valence-electron chi connectivity index (χ2n) is 4.47. The first-order valence-electron chi connectivity index (χ1n) is 6.40.